The Balaban J connectivity index is 1.51. The molecule has 0 radical (unpaired) electrons. The molecule has 3 heterocycles. The van der Waals surface area contributed by atoms with Crippen LogP contribution in [0.2, 0.25) is 0 Å². The lowest BCUT2D eigenvalue weighted by molar-refractivity contribution is -0.137. The van der Waals surface area contributed by atoms with E-state index < -0.39 is 11.9 Å². The Morgan fingerprint density at radius 2 is 1.86 bits per heavy atom. The van der Waals surface area contributed by atoms with Crippen LogP contribution in [0.5, 0.6) is 23.0 Å². The Morgan fingerprint density at radius 1 is 1.07 bits per heavy atom. The highest BCUT2D eigenvalue weighted by Crippen LogP contribution is 2.36. The van der Waals surface area contributed by atoms with Crippen molar-refractivity contribution in [2.75, 3.05) is 25.0 Å². The number of ether oxygens (including phenoxy) is 3. The van der Waals surface area contributed by atoms with Crippen molar-refractivity contribution in [3.63, 3.8) is 0 Å². The van der Waals surface area contributed by atoms with Gasteiger partial charge in [-0.15, -0.1) is 0 Å². The molecule has 4 aromatic rings. The number of hydrogen-bond donors (Lipinski definition) is 2. The maximum absolute atomic E-state index is 14.1. The Morgan fingerprint density at radius 3 is 2.60 bits per heavy atom. The molecule has 11 nitrogen and oxygen atoms in total. The van der Waals surface area contributed by atoms with Crippen LogP contribution in [0.4, 0.5) is 5.69 Å². The molecule has 2 aromatic heterocycles. The summed E-state index contributed by atoms with van der Waals surface area (Å²) < 4.78 is 16.2. The van der Waals surface area contributed by atoms with Crippen LogP contribution in [0.3, 0.4) is 0 Å². The molecule has 42 heavy (non-hydrogen) atoms. The van der Waals surface area contributed by atoms with E-state index in [2.05, 4.69) is 20.3 Å². The number of nitrogens with zero attached hydrogens (tertiary/aromatic N) is 4. The minimum Gasteiger partial charge on any atom is -0.504 e. The van der Waals surface area contributed by atoms with Gasteiger partial charge in [-0.2, -0.15) is 0 Å². The van der Waals surface area contributed by atoms with Gasteiger partial charge < -0.3 is 29.5 Å². The number of nitrogens with one attached hydrogen (secondary N) is 1. The van der Waals surface area contributed by atoms with Gasteiger partial charge in [-0.3, -0.25) is 14.6 Å². The van der Waals surface area contributed by atoms with E-state index in [0.29, 0.717) is 27.9 Å². The number of anilines is 1. The van der Waals surface area contributed by atoms with E-state index in [1.807, 2.05) is 26.0 Å². The van der Waals surface area contributed by atoms with Crippen LogP contribution in [0.15, 0.2) is 72.1 Å². The molecule has 0 fully saturated rings. The molecule has 0 spiro atoms. The van der Waals surface area contributed by atoms with Gasteiger partial charge >= 0.3 is 0 Å². The van der Waals surface area contributed by atoms with Crippen LogP contribution in [0, 0.1) is 13.8 Å². The summed E-state index contributed by atoms with van der Waals surface area (Å²) in [5.74, 6) is 0.322. The van der Waals surface area contributed by atoms with Crippen LogP contribution in [-0.4, -0.2) is 56.4 Å². The Kier molecular flexibility index (Phi) is 8.72. The summed E-state index contributed by atoms with van der Waals surface area (Å²) >= 11 is 1.19. The first-order valence-corrected chi connectivity index (χ1v) is 14.0. The molecule has 0 bridgehead atoms. The molecule has 5 rings (SSSR count). The minimum absolute atomic E-state index is 0.0216. The molecule has 0 saturated heterocycles. The summed E-state index contributed by atoms with van der Waals surface area (Å²) in [5.41, 5.74) is 3.22. The number of phenolic OH excluding ortho intramolecular Hbond substituents is 1. The topological polar surface area (TPSA) is 136 Å². The summed E-state index contributed by atoms with van der Waals surface area (Å²) in [6.45, 7) is 3.91. The second-order valence-corrected chi connectivity index (χ2v) is 10.4. The molecule has 0 aliphatic carbocycles. The van der Waals surface area contributed by atoms with Gasteiger partial charge in [-0.05, 0) is 61.4 Å². The highest BCUT2D eigenvalue weighted by Gasteiger charge is 2.33. The monoisotopic (exact) mass is 587 g/mol. The summed E-state index contributed by atoms with van der Waals surface area (Å²) in [5, 5.41) is 13.6. The standard InChI is InChI=1S/C30H29N5O6S/c1-18-11-19(2)33-30(32-18)42-16-27(37)35(15-20-5-4-10-31-14-20)28(21-6-8-23(36)25(12-21)39-3)29(38)34-22-7-9-24-26(13-22)41-17-40-24/h4-14,28,36H,15-17H2,1-3H3,(H,34,38)/t28-/m1/s1. The SMILES string of the molecule is COc1cc([C@H](C(=O)Nc2ccc3c(c2)OCO3)N(Cc2cccnc2)C(=O)CSc2nc(C)cc(C)n2)ccc1O. The predicted molar refractivity (Wildman–Crippen MR) is 156 cm³/mol. The number of carbonyl (C=O) groups excluding carboxylic acids is 2. The van der Waals surface area contributed by atoms with Crippen molar-refractivity contribution in [3.05, 3.63) is 89.5 Å². The summed E-state index contributed by atoms with van der Waals surface area (Å²) in [4.78, 5) is 42.6. The zero-order chi connectivity index (χ0) is 29.6. The van der Waals surface area contributed by atoms with Crippen molar-refractivity contribution in [2.24, 2.45) is 0 Å². The van der Waals surface area contributed by atoms with Gasteiger partial charge in [-0.25, -0.2) is 9.97 Å². The molecule has 2 N–H and O–H groups in total. The first kappa shape index (κ1) is 28.7. The summed E-state index contributed by atoms with van der Waals surface area (Å²) in [6.07, 6.45) is 3.28. The maximum atomic E-state index is 14.1. The van der Waals surface area contributed by atoms with E-state index in [0.717, 1.165) is 17.0 Å². The second-order valence-electron chi connectivity index (χ2n) is 9.50. The highest BCUT2D eigenvalue weighted by molar-refractivity contribution is 7.99. The van der Waals surface area contributed by atoms with Crippen LogP contribution in [0.25, 0.3) is 0 Å². The number of rotatable bonds is 10. The molecule has 216 valence electrons. The fraction of sp³-hybridized carbons (Fsp3) is 0.233. The third-order valence-electron chi connectivity index (χ3n) is 6.40. The molecular formula is C30H29N5O6S. The lowest BCUT2D eigenvalue weighted by Crippen LogP contribution is -2.41. The third-order valence-corrected chi connectivity index (χ3v) is 7.23. The molecule has 1 aliphatic rings. The quantitative estimate of drug-likeness (QED) is 0.203. The molecule has 1 aliphatic heterocycles. The van der Waals surface area contributed by atoms with Gasteiger partial charge in [0.1, 0.15) is 6.04 Å². The number of thioether (sulfide) groups is 1. The first-order chi connectivity index (χ1) is 20.3. The average molecular weight is 588 g/mol. The summed E-state index contributed by atoms with van der Waals surface area (Å²) in [6, 6.07) is 14.0. The van der Waals surface area contributed by atoms with Gasteiger partial charge in [0.2, 0.25) is 12.7 Å². The minimum atomic E-state index is -1.11. The van der Waals surface area contributed by atoms with E-state index in [4.69, 9.17) is 14.2 Å². The highest BCUT2D eigenvalue weighted by atomic mass is 32.2. The number of phenols is 1. The number of fused-ring (bicyclic) bond motifs is 1. The molecule has 12 heteroatoms. The van der Waals surface area contributed by atoms with Crippen molar-refractivity contribution in [2.45, 2.75) is 31.6 Å². The first-order valence-electron chi connectivity index (χ1n) is 13.0. The second kappa shape index (κ2) is 12.8. The lowest BCUT2D eigenvalue weighted by Gasteiger charge is -2.31. The van der Waals surface area contributed by atoms with Crippen LogP contribution < -0.4 is 19.5 Å². The third kappa shape index (κ3) is 6.72. The van der Waals surface area contributed by atoms with Crippen molar-refractivity contribution in [1.29, 1.82) is 0 Å². The molecule has 0 saturated carbocycles. The Labute approximate surface area is 246 Å². The number of pyridine rings is 1. The van der Waals surface area contributed by atoms with Crippen molar-refractivity contribution < 1.29 is 28.9 Å². The maximum Gasteiger partial charge on any atom is 0.251 e. The van der Waals surface area contributed by atoms with E-state index in [1.165, 1.54) is 29.8 Å². The normalized spacial score (nSPS) is 12.5. The van der Waals surface area contributed by atoms with Gasteiger partial charge in [-0.1, -0.05) is 23.9 Å². The molecule has 2 aromatic carbocycles. The van der Waals surface area contributed by atoms with Crippen molar-refractivity contribution >= 4 is 29.3 Å². The van der Waals surface area contributed by atoms with E-state index in [1.54, 1.807) is 48.8 Å². The number of aromatic hydroxyl groups is 1. The molecule has 0 unspecified atom stereocenters. The van der Waals surface area contributed by atoms with Gasteiger partial charge in [0, 0.05) is 42.1 Å². The molecule has 1 atom stereocenters. The number of hydrogen-bond acceptors (Lipinski definition) is 10. The van der Waals surface area contributed by atoms with Crippen LogP contribution in [-0.2, 0) is 16.1 Å². The zero-order valence-corrected chi connectivity index (χ0v) is 24.1. The number of carbonyl (C=O) groups is 2. The van der Waals surface area contributed by atoms with E-state index >= 15 is 0 Å². The van der Waals surface area contributed by atoms with Crippen LogP contribution >= 0.6 is 11.8 Å². The largest absolute Gasteiger partial charge is 0.504 e. The summed E-state index contributed by atoms with van der Waals surface area (Å²) in [7, 11) is 1.42. The van der Waals surface area contributed by atoms with Gasteiger partial charge in [0.05, 0.1) is 12.9 Å². The van der Waals surface area contributed by atoms with Gasteiger partial charge in [0.25, 0.3) is 5.91 Å². The molecule has 2 amide bonds. The fourth-order valence-electron chi connectivity index (χ4n) is 4.50. The van der Waals surface area contributed by atoms with Crippen molar-refractivity contribution in [1.82, 2.24) is 19.9 Å². The molecular weight excluding hydrogens is 558 g/mol. The lowest BCUT2D eigenvalue weighted by atomic mass is 10.0. The predicted octanol–water partition coefficient (Wildman–Crippen LogP) is 4.43. The zero-order valence-electron chi connectivity index (χ0n) is 23.2. The number of amides is 2. The Bertz CT molecular complexity index is 1580. The Hall–Kier alpha value is -4.84. The number of methoxy groups -OCH3 is 1. The van der Waals surface area contributed by atoms with Crippen molar-refractivity contribution in [3.8, 4) is 23.0 Å². The smallest absolute Gasteiger partial charge is 0.251 e. The van der Waals surface area contributed by atoms with Gasteiger partial charge in [0.15, 0.2) is 28.2 Å². The number of aryl methyl sites for hydroxylation is 2. The fourth-order valence-corrected chi connectivity index (χ4v) is 5.34. The van der Waals surface area contributed by atoms with E-state index in [-0.39, 0.29) is 36.5 Å². The average Bonchev–Trinajstić information content (AvgIpc) is 3.44. The van der Waals surface area contributed by atoms with E-state index in [9.17, 15) is 14.7 Å². The van der Waals surface area contributed by atoms with Crippen LogP contribution in [0.1, 0.15) is 28.6 Å². The number of aromatic nitrogens is 3. The number of benzene rings is 2.